The Morgan fingerprint density at radius 3 is 2.38 bits per heavy atom. The molecule has 0 radical (unpaired) electrons. The van der Waals surface area contributed by atoms with Crippen molar-refractivity contribution in [2.75, 3.05) is 0 Å². The summed E-state index contributed by atoms with van der Waals surface area (Å²) in [6.07, 6.45) is 0.945. The van der Waals surface area contributed by atoms with Gasteiger partial charge in [-0.25, -0.2) is 0 Å². The van der Waals surface area contributed by atoms with Crippen molar-refractivity contribution in [1.82, 2.24) is 4.98 Å². The highest BCUT2D eigenvalue weighted by Crippen LogP contribution is 2.19. The fraction of sp³-hybridized carbons (Fsp3) is 0.545. The van der Waals surface area contributed by atoms with E-state index < -0.39 is 0 Å². The van der Waals surface area contributed by atoms with Crippen LogP contribution in [0.2, 0.25) is 0 Å². The Morgan fingerprint density at radius 2 is 1.85 bits per heavy atom. The lowest BCUT2D eigenvalue weighted by Gasteiger charge is -2.17. The van der Waals surface area contributed by atoms with Gasteiger partial charge in [-0.2, -0.15) is 0 Å². The third kappa shape index (κ3) is 3.55. The zero-order chi connectivity index (χ0) is 9.90. The van der Waals surface area contributed by atoms with E-state index in [-0.39, 0.29) is 12.0 Å². The minimum Gasteiger partial charge on any atom is -0.390 e. The molecule has 0 saturated heterocycles. The molecular formula is C11H17NO. The lowest BCUT2D eigenvalue weighted by molar-refractivity contribution is 0.276. The highest BCUT2D eigenvalue weighted by atomic mass is 16.3. The van der Waals surface area contributed by atoms with Gasteiger partial charge in [0.05, 0.1) is 12.3 Å². The number of aromatic nitrogens is 1. The molecule has 0 fully saturated rings. The van der Waals surface area contributed by atoms with E-state index in [4.69, 9.17) is 5.11 Å². The molecule has 1 heterocycles. The van der Waals surface area contributed by atoms with Crippen LogP contribution in [0.25, 0.3) is 0 Å². The van der Waals surface area contributed by atoms with Crippen LogP contribution in [0.3, 0.4) is 0 Å². The summed E-state index contributed by atoms with van der Waals surface area (Å²) in [5, 5.41) is 8.90. The van der Waals surface area contributed by atoms with Gasteiger partial charge in [-0.1, -0.05) is 26.8 Å². The summed E-state index contributed by atoms with van der Waals surface area (Å²) in [7, 11) is 0. The van der Waals surface area contributed by atoms with E-state index in [0.29, 0.717) is 0 Å². The Labute approximate surface area is 79.6 Å². The molecule has 13 heavy (non-hydrogen) atoms. The lowest BCUT2D eigenvalue weighted by Crippen LogP contribution is -2.11. The number of hydrogen-bond acceptors (Lipinski definition) is 2. The van der Waals surface area contributed by atoms with Gasteiger partial charge < -0.3 is 5.11 Å². The third-order valence-electron chi connectivity index (χ3n) is 1.74. The van der Waals surface area contributed by atoms with Crippen molar-refractivity contribution in [2.45, 2.75) is 33.8 Å². The van der Waals surface area contributed by atoms with E-state index in [1.54, 1.807) is 0 Å². The molecule has 2 heteroatoms. The largest absolute Gasteiger partial charge is 0.390 e. The standard InChI is InChI=1S/C11H17NO/c1-11(2,3)7-9-5-4-6-10(8-13)12-9/h4-6,13H,7-8H2,1-3H3. The molecular weight excluding hydrogens is 162 g/mol. The molecule has 1 N–H and O–H groups in total. The van der Waals surface area contributed by atoms with Crippen molar-refractivity contribution in [3.8, 4) is 0 Å². The van der Waals surface area contributed by atoms with Gasteiger partial charge in [0, 0.05) is 5.69 Å². The summed E-state index contributed by atoms with van der Waals surface area (Å²) < 4.78 is 0. The van der Waals surface area contributed by atoms with Crippen LogP contribution in [0.4, 0.5) is 0 Å². The Balaban J connectivity index is 2.78. The Kier molecular flexibility index (Phi) is 3.04. The van der Waals surface area contributed by atoms with Crippen LogP contribution in [0.5, 0.6) is 0 Å². The van der Waals surface area contributed by atoms with Crippen LogP contribution >= 0.6 is 0 Å². The topological polar surface area (TPSA) is 33.1 Å². The van der Waals surface area contributed by atoms with E-state index in [1.807, 2.05) is 18.2 Å². The minimum absolute atomic E-state index is 0.0258. The monoisotopic (exact) mass is 179 g/mol. The van der Waals surface area contributed by atoms with Gasteiger partial charge >= 0.3 is 0 Å². The molecule has 0 bridgehead atoms. The van der Waals surface area contributed by atoms with Crippen molar-refractivity contribution >= 4 is 0 Å². The van der Waals surface area contributed by atoms with Crippen LogP contribution in [-0.4, -0.2) is 10.1 Å². The number of aliphatic hydroxyl groups excluding tert-OH is 1. The van der Waals surface area contributed by atoms with Gasteiger partial charge in [0.1, 0.15) is 0 Å². The van der Waals surface area contributed by atoms with Crippen LogP contribution in [0.15, 0.2) is 18.2 Å². The van der Waals surface area contributed by atoms with Crippen molar-refractivity contribution in [3.63, 3.8) is 0 Å². The average molecular weight is 179 g/mol. The first-order chi connectivity index (χ1) is 6.01. The van der Waals surface area contributed by atoms with Gasteiger partial charge in [0.2, 0.25) is 0 Å². The van der Waals surface area contributed by atoms with Crippen molar-refractivity contribution in [3.05, 3.63) is 29.6 Å². The molecule has 0 aliphatic heterocycles. The maximum Gasteiger partial charge on any atom is 0.0853 e. The summed E-state index contributed by atoms with van der Waals surface area (Å²) in [4.78, 5) is 4.33. The van der Waals surface area contributed by atoms with Crippen molar-refractivity contribution in [1.29, 1.82) is 0 Å². The molecule has 0 aromatic carbocycles. The van der Waals surface area contributed by atoms with Crippen LogP contribution < -0.4 is 0 Å². The van der Waals surface area contributed by atoms with Crippen molar-refractivity contribution < 1.29 is 5.11 Å². The van der Waals surface area contributed by atoms with Gasteiger partial charge in [-0.05, 0) is 24.0 Å². The van der Waals surface area contributed by atoms with Crippen LogP contribution in [-0.2, 0) is 13.0 Å². The maximum atomic E-state index is 8.90. The molecule has 72 valence electrons. The first-order valence-electron chi connectivity index (χ1n) is 4.57. The SMILES string of the molecule is CC(C)(C)Cc1cccc(CO)n1. The zero-order valence-corrected chi connectivity index (χ0v) is 8.54. The molecule has 0 spiro atoms. The zero-order valence-electron chi connectivity index (χ0n) is 8.54. The Hall–Kier alpha value is -0.890. The molecule has 0 atom stereocenters. The first kappa shape index (κ1) is 10.2. The lowest BCUT2D eigenvalue weighted by atomic mass is 9.90. The second kappa shape index (κ2) is 3.88. The second-order valence-electron chi connectivity index (χ2n) is 4.52. The van der Waals surface area contributed by atoms with E-state index >= 15 is 0 Å². The summed E-state index contributed by atoms with van der Waals surface area (Å²) in [6, 6.07) is 5.79. The minimum atomic E-state index is 0.0258. The summed E-state index contributed by atoms with van der Waals surface area (Å²) in [5.41, 5.74) is 2.06. The molecule has 0 amide bonds. The number of aliphatic hydroxyl groups is 1. The Bertz CT molecular complexity index is 276. The number of pyridine rings is 1. The van der Waals surface area contributed by atoms with Gasteiger partial charge in [-0.15, -0.1) is 0 Å². The molecule has 1 aromatic heterocycles. The van der Waals surface area contributed by atoms with Crippen LogP contribution in [0.1, 0.15) is 32.2 Å². The highest BCUT2D eigenvalue weighted by molar-refractivity contribution is 5.11. The predicted molar refractivity (Wildman–Crippen MR) is 53.3 cm³/mol. The fourth-order valence-corrected chi connectivity index (χ4v) is 1.26. The molecule has 1 rings (SSSR count). The normalized spacial score (nSPS) is 11.7. The smallest absolute Gasteiger partial charge is 0.0853 e. The van der Waals surface area contributed by atoms with E-state index in [0.717, 1.165) is 17.8 Å². The molecule has 0 aliphatic rings. The quantitative estimate of drug-likeness (QED) is 0.754. The van der Waals surface area contributed by atoms with Gasteiger partial charge in [-0.3, -0.25) is 4.98 Å². The van der Waals surface area contributed by atoms with E-state index in [9.17, 15) is 0 Å². The van der Waals surface area contributed by atoms with Gasteiger partial charge in [0.25, 0.3) is 0 Å². The van der Waals surface area contributed by atoms with E-state index in [2.05, 4.69) is 25.8 Å². The number of nitrogens with zero attached hydrogens (tertiary/aromatic N) is 1. The molecule has 1 aromatic rings. The number of hydrogen-bond donors (Lipinski definition) is 1. The molecule has 0 saturated carbocycles. The highest BCUT2D eigenvalue weighted by Gasteiger charge is 2.11. The predicted octanol–water partition coefficient (Wildman–Crippen LogP) is 2.16. The maximum absolute atomic E-state index is 8.90. The van der Waals surface area contributed by atoms with Gasteiger partial charge in [0.15, 0.2) is 0 Å². The van der Waals surface area contributed by atoms with E-state index in [1.165, 1.54) is 0 Å². The Morgan fingerprint density at radius 1 is 1.23 bits per heavy atom. The van der Waals surface area contributed by atoms with Crippen LogP contribution in [0, 0.1) is 5.41 Å². The first-order valence-corrected chi connectivity index (χ1v) is 4.57. The summed E-state index contributed by atoms with van der Waals surface area (Å²) >= 11 is 0. The number of rotatable bonds is 2. The summed E-state index contributed by atoms with van der Waals surface area (Å²) in [6.45, 7) is 6.57. The van der Waals surface area contributed by atoms with Crippen molar-refractivity contribution in [2.24, 2.45) is 5.41 Å². The molecule has 0 aliphatic carbocycles. The second-order valence-corrected chi connectivity index (χ2v) is 4.52. The average Bonchev–Trinajstić information content (AvgIpc) is 2.01. The third-order valence-corrected chi connectivity index (χ3v) is 1.74. The summed E-state index contributed by atoms with van der Waals surface area (Å²) in [5.74, 6) is 0. The molecule has 0 unspecified atom stereocenters. The fourth-order valence-electron chi connectivity index (χ4n) is 1.26. The molecule has 2 nitrogen and oxygen atoms in total.